The molecule has 2 atom stereocenters. The summed E-state index contributed by atoms with van der Waals surface area (Å²) < 4.78 is 31.0. The standard InChI is InChI=1S/C13H19NO5S/c1-10(8-19-2)9-20(17,18)14-12(13(15)16)11-6-4-3-5-7-11/h3-7,10,12,14H,8-9H2,1-2H3,(H,15,16)/t10?,12-/m1/s1. The van der Waals surface area contributed by atoms with Crippen molar-refractivity contribution in [3.05, 3.63) is 35.9 Å². The molecule has 2 N–H and O–H groups in total. The first-order valence-corrected chi connectivity index (χ1v) is 7.77. The van der Waals surface area contributed by atoms with E-state index in [2.05, 4.69) is 4.72 Å². The van der Waals surface area contributed by atoms with E-state index in [1.54, 1.807) is 37.3 Å². The van der Waals surface area contributed by atoms with E-state index in [4.69, 9.17) is 4.74 Å². The first-order valence-electron chi connectivity index (χ1n) is 6.12. The molecular formula is C13H19NO5S. The van der Waals surface area contributed by atoms with Crippen LogP contribution in [0.5, 0.6) is 0 Å². The Labute approximate surface area is 118 Å². The molecule has 6 nitrogen and oxygen atoms in total. The zero-order valence-electron chi connectivity index (χ0n) is 11.4. The largest absolute Gasteiger partial charge is 0.480 e. The van der Waals surface area contributed by atoms with E-state index in [9.17, 15) is 18.3 Å². The summed E-state index contributed by atoms with van der Waals surface area (Å²) in [6.45, 7) is 2.02. The maximum Gasteiger partial charge on any atom is 0.326 e. The maximum absolute atomic E-state index is 12.0. The number of carboxylic acids is 1. The van der Waals surface area contributed by atoms with E-state index < -0.39 is 22.0 Å². The van der Waals surface area contributed by atoms with Crippen molar-refractivity contribution in [3.8, 4) is 0 Å². The van der Waals surface area contributed by atoms with Crippen molar-refractivity contribution < 1.29 is 23.1 Å². The molecule has 112 valence electrons. The minimum atomic E-state index is -3.71. The number of rotatable bonds is 8. The third-order valence-corrected chi connectivity index (χ3v) is 4.24. The molecule has 0 aromatic heterocycles. The fourth-order valence-corrected chi connectivity index (χ4v) is 3.38. The molecule has 0 aliphatic heterocycles. The second-order valence-electron chi connectivity index (χ2n) is 4.64. The van der Waals surface area contributed by atoms with Gasteiger partial charge in [0.25, 0.3) is 0 Å². The van der Waals surface area contributed by atoms with Gasteiger partial charge in [-0.25, -0.2) is 8.42 Å². The average molecular weight is 301 g/mol. The molecule has 0 aliphatic carbocycles. The highest BCUT2D eigenvalue weighted by atomic mass is 32.2. The summed E-state index contributed by atoms with van der Waals surface area (Å²) in [6, 6.07) is 6.91. The summed E-state index contributed by atoms with van der Waals surface area (Å²) in [5.41, 5.74) is 0.392. The minimum Gasteiger partial charge on any atom is -0.480 e. The number of hydrogen-bond donors (Lipinski definition) is 2. The molecule has 0 amide bonds. The van der Waals surface area contributed by atoms with Gasteiger partial charge < -0.3 is 9.84 Å². The normalized spacial score (nSPS) is 14.7. The quantitative estimate of drug-likeness (QED) is 0.747. The van der Waals surface area contributed by atoms with Gasteiger partial charge in [0, 0.05) is 13.7 Å². The zero-order chi connectivity index (χ0) is 15.2. The summed E-state index contributed by atoms with van der Waals surface area (Å²) in [6.07, 6.45) is 0. The molecule has 1 rings (SSSR count). The van der Waals surface area contributed by atoms with E-state index in [0.717, 1.165) is 0 Å². The predicted octanol–water partition coefficient (Wildman–Crippen LogP) is 1.01. The van der Waals surface area contributed by atoms with Crippen LogP contribution in [0.3, 0.4) is 0 Å². The lowest BCUT2D eigenvalue weighted by molar-refractivity contribution is -0.139. The minimum absolute atomic E-state index is 0.183. The molecule has 0 radical (unpaired) electrons. The van der Waals surface area contributed by atoms with Gasteiger partial charge in [-0.2, -0.15) is 4.72 Å². The molecule has 0 saturated carbocycles. The third-order valence-electron chi connectivity index (χ3n) is 2.63. The summed E-state index contributed by atoms with van der Waals surface area (Å²) in [4.78, 5) is 11.2. The van der Waals surface area contributed by atoms with Crippen molar-refractivity contribution in [1.82, 2.24) is 4.72 Å². The lowest BCUT2D eigenvalue weighted by Crippen LogP contribution is -2.37. The molecule has 1 aromatic carbocycles. The molecule has 20 heavy (non-hydrogen) atoms. The Morgan fingerprint density at radius 2 is 1.95 bits per heavy atom. The molecule has 0 fully saturated rings. The van der Waals surface area contributed by atoms with Crippen molar-refractivity contribution in [2.24, 2.45) is 5.92 Å². The number of ether oxygens (including phenoxy) is 1. The van der Waals surface area contributed by atoms with Crippen LogP contribution in [-0.4, -0.2) is 39.0 Å². The number of nitrogens with one attached hydrogen (secondary N) is 1. The Hall–Kier alpha value is -1.44. The Morgan fingerprint density at radius 1 is 1.35 bits per heavy atom. The van der Waals surface area contributed by atoms with Gasteiger partial charge in [-0.05, 0) is 11.5 Å². The zero-order valence-corrected chi connectivity index (χ0v) is 12.3. The van der Waals surface area contributed by atoms with Gasteiger partial charge >= 0.3 is 5.97 Å². The van der Waals surface area contributed by atoms with Gasteiger partial charge in [0.15, 0.2) is 0 Å². The van der Waals surface area contributed by atoms with Crippen LogP contribution in [0.4, 0.5) is 0 Å². The van der Waals surface area contributed by atoms with Crippen LogP contribution in [-0.2, 0) is 19.6 Å². The molecule has 7 heteroatoms. The van der Waals surface area contributed by atoms with E-state index in [0.29, 0.717) is 12.2 Å². The molecule has 0 aliphatic rings. The van der Waals surface area contributed by atoms with Crippen molar-refractivity contribution in [2.45, 2.75) is 13.0 Å². The topological polar surface area (TPSA) is 92.7 Å². The monoisotopic (exact) mass is 301 g/mol. The predicted molar refractivity (Wildman–Crippen MR) is 74.8 cm³/mol. The SMILES string of the molecule is COCC(C)CS(=O)(=O)N[C@@H](C(=O)O)c1ccccc1. The first-order chi connectivity index (χ1) is 9.35. The molecular weight excluding hydrogens is 282 g/mol. The van der Waals surface area contributed by atoms with Gasteiger partial charge in [0.2, 0.25) is 10.0 Å². The van der Waals surface area contributed by atoms with E-state index in [-0.39, 0.29) is 11.7 Å². The second kappa shape index (κ2) is 7.37. The average Bonchev–Trinajstić information content (AvgIpc) is 2.36. The number of aliphatic carboxylic acids is 1. The lowest BCUT2D eigenvalue weighted by Gasteiger charge is -2.17. The number of benzene rings is 1. The number of methoxy groups -OCH3 is 1. The van der Waals surface area contributed by atoms with Crippen LogP contribution >= 0.6 is 0 Å². The summed E-state index contributed by atoms with van der Waals surface area (Å²) in [5.74, 6) is -1.64. The van der Waals surface area contributed by atoms with Gasteiger partial charge in [-0.3, -0.25) is 4.79 Å². The van der Waals surface area contributed by atoms with E-state index >= 15 is 0 Å². The Balaban J connectivity index is 2.83. The summed E-state index contributed by atoms with van der Waals surface area (Å²) in [7, 11) is -2.22. The highest BCUT2D eigenvalue weighted by Crippen LogP contribution is 2.15. The second-order valence-corrected chi connectivity index (χ2v) is 6.44. The molecule has 1 unspecified atom stereocenters. The van der Waals surface area contributed by atoms with Crippen LogP contribution < -0.4 is 4.72 Å². The highest BCUT2D eigenvalue weighted by molar-refractivity contribution is 7.89. The Morgan fingerprint density at radius 3 is 2.45 bits per heavy atom. The number of carboxylic acid groups (broad SMARTS) is 1. The summed E-state index contributed by atoms with van der Waals surface area (Å²) >= 11 is 0. The number of hydrogen-bond acceptors (Lipinski definition) is 4. The first kappa shape index (κ1) is 16.6. The highest BCUT2D eigenvalue weighted by Gasteiger charge is 2.26. The van der Waals surface area contributed by atoms with Crippen LogP contribution in [0.1, 0.15) is 18.5 Å². The molecule has 0 bridgehead atoms. The fourth-order valence-electron chi connectivity index (χ4n) is 1.84. The van der Waals surface area contributed by atoms with E-state index in [1.807, 2.05) is 0 Å². The smallest absolute Gasteiger partial charge is 0.326 e. The van der Waals surface area contributed by atoms with Crippen molar-refractivity contribution in [3.63, 3.8) is 0 Å². The molecule has 0 saturated heterocycles. The van der Waals surface area contributed by atoms with Crippen molar-refractivity contribution in [2.75, 3.05) is 19.5 Å². The fraction of sp³-hybridized carbons (Fsp3) is 0.462. The van der Waals surface area contributed by atoms with Crippen LogP contribution in [0.25, 0.3) is 0 Å². The molecule has 1 aromatic rings. The van der Waals surface area contributed by atoms with Crippen LogP contribution in [0.15, 0.2) is 30.3 Å². The van der Waals surface area contributed by atoms with Crippen molar-refractivity contribution in [1.29, 1.82) is 0 Å². The third kappa shape index (κ3) is 5.28. The van der Waals surface area contributed by atoms with Crippen LogP contribution in [0.2, 0.25) is 0 Å². The van der Waals surface area contributed by atoms with Gasteiger partial charge in [-0.1, -0.05) is 37.3 Å². The van der Waals surface area contributed by atoms with Crippen LogP contribution in [0, 0.1) is 5.92 Å². The molecule has 0 heterocycles. The van der Waals surface area contributed by atoms with Gasteiger partial charge in [0.1, 0.15) is 6.04 Å². The number of sulfonamides is 1. The van der Waals surface area contributed by atoms with Crippen molar-refractivity contribution >= 4 is 16.0 Å². The summed E-state index contributed by atoms with van der Waals surface area (Å²) in [5, 5.41) is 9.18. The Kier molecular flexibility index (Phi) is 6.12. The number of carbonyl (C=O) groups is 1. The van der Waals surface area contributed by atoms with E-state index in [1.165, 1.54) is 7.11 Å². The van der Waals surface area contributed by atoms with Gasteiger partial charge in [-0.15, -0.1) is 0 Å². The Bertz CT molecular complexity index is 529. The van der Waals surface area contributed by atoms with Gasteiger partial charge in [0.05, 0.1) is 5.75 Å². The maximum atomic E-state index is 12.0. The molecule has 0 spiro atoms. The lowest BCUT2D eigenvalue weighted by atomic mass is 10.1.